The first kappa shape index (κ1) is 25.4. The summed E-state index contributed by atoms with van der Waals surface area (Å²) in [6.07, 6.45) is -0.156. The first-order valence-corrected chi connectivity index (χ1v) is 12.0. The van der Waals surface area contributed by atoms with E-state index < -0.39 is 17.3 Å². The Balaban J connectivity index is 1.43. The third kappa shape index (κ3) is 5.26. The Bertz CT molecular complexity index is 1310. The Hall–Kier alpha value is -3.71. The number of fused-ring (bicyclic) bond motifs is 1. The molecule has 0 saturated carbocycles. The number of carboxylic acids is 1. The minimum atomic E-state index is -1.09. The molecule has 1 atom stereocenters. The van der Waals surface area contributed by atoms with E-state index in [0.29, 0.717) is 30.2 Å². The number of benzene rings is 3. The van der Waals surface area contributed by atoms with Gasteiger partial charge in [0.2, 0.25) is 0 Å². The van der Waals surface area contributed by atoms with Crippen molar-refractivity contribution in [2.75, 3.05) is 30.4 Å². The maximum Gasteiger partial charge on any atom is 0.313 e. The van der Waals surface area contributed by atoms with Gasteiger partial charge < -0.3 is 24.8 Å². The number of anilines is 2. The lowest BCUT2D eigenvalue weighted by Gasteiger charge is -2.33. The van der Waals surface area contributed by atoms with Crippen LogP contribution in [-0.4, -0.2) is 43.3 Å². The van der Waals surface area contributed by atoms with Crippen molar-refractivity contribution in [3.8, 4) is 11.5 Å². The maximum atomic E-state index is 13.0. The molecule has 0 spiro atoms. The molecule has 2 N–H and O–H groups in total. The fraction of sp³-hybridized carbons (Fsp3) is 0.286. The number of ether oxygens (including phenoxy) is 2. The van der Waals surface area contributed by atoms with E-state index >= 15 is 0 Å². The maximum absolute atomic E-state index is 13.0. The number of aryl methyl sites for hydroxylation is 1. The van der Waals surface area contributed by atoms with Crippen LogP contribution in [-0.2, 0) is 10.2 Å². The van der Waals surface area contributed by atoms with Gasteiger partial charge >= 0.3 is 5.97 Å². The fourth-order valence-corrected chi connectivity index (χ4v) is 4.25. The highest BCUT2D eigenvalue weighted by Gasteiger charge is 2.30. The van der Waals surface area contributed by atoms with Gasteiger partial charge in [-0.1, -0.05) is 35.9 Å². The number of hydrogen-bond donors (Lipinski definition) is 2. The number of rotatable bonds is 7. The molecule has 8 heteroatoms. The van der Waals surface area contributed by atoms with Crippen LogP contribution in [0.1, 0.15) is 35.3 Å². The summed E-state index contributed by atoms with van der Waals surface area (Å²) in [7, 11) is 2.01. The second kappa shape index (κ2) is 10.1. The van der Waals surface area contributed by atoms with E-state index in [2.05, 4.69) is 10.2 Å². The smallest absolute Gasteiger partial charge is 0.313 e. The van der Waals surface area contributed by atoms with Crippen LogP contribution in [0.15, 0.2) is 60.7 Å². The second-order valence-corrected chi connectivity index (χ2v) is 9.86. The molecule has 0 saturated heterocycles. The predicted molar refractivity (Wildman–Crippen MR) is 141 cm³/mol. The average Bonchev–Trinajstić information content (AvgIpc) is 2.84. The van der Waals surface area contributed by atoms with Crippen molar-refractivity contribution in [1.29, 1.82) is 0 Å². The number of halogens is 1. The van der Waals surface area contributed by atoms with Gasteiger partial charge in [0.25, 0.3) is 5.91 Å². The molecule has 188 valence electrons. The standard InChI is InChI=1S/C28H29ClN2O5/c1-17-9-10-18(28(2,3)27(33)34)13-23(17)30-26(32)21-12-11-19(14-22(21)29)35-16-20-15-31(4)24-7-5-6-8-25(24)36-20/h5-14,20H,15-16H2,1-4H3,(H,30,32)(H,33,34)/t20-/m0/s1. The molecule has 1 amide bonds. The topological polar surface area (TPSA) is 88.1 Å². The normalized spacial score (nSPS) is 15.0. The lowest BCUT2D eigenvalue weighted by Crippen LogP contribution is -2.41. The Kier molecular flexibility index (Phi) is 7.13. The molecule has 3 aromatic rings. The van der Waals surface area contributed by atoms with Gasteiger partial charge in [-0.25, -0.2) is 0 Å². The summed E-state index contributed by atoms with van der Waals surface area (Å²) in [5.74, 6) is 0.00424. The summed E-state index contributed by atoms with van der Waals surface area (Å²) in [4.78, 5) is 26.7. The average molecular weight is 509 g/mol. The number of nitrogens with zero attached hydrogens (tertiary/aromatic N) is 1. The van der Waals surface area contributed by atoms with Gasteiger partial charge in [-0.05, 0) is 68.3 Å². The van der Waals surface area contributed by atoms with E-state index in [0.717, 1.165) is 17.0 Å². The van der Waals surface area contributed by atoms with Crippen molar-refractivity contribution in [1.82, 2.24) is 0 Å². The minimum absolute atomic E-state index is 0.156. The van der Waals surface area contributed by atoms with Crippen molar-refractivity contribution >= 4 is 34.9 Å². The third-order valence-electron chi connectivity index (χ3n) is 6.41. The van der Waals surface area contributed by atoms with Gasteiger partial charge in [0.1, 0.15) is 24.2 Å². The molecular formula is C28H29ClN2O5. The van der Waals surface area contributed by atoms with Gasteiger partial charge in [0.15, 0.2) is 0 Å². The highest BCUT2D eigenvalue weighted by Crippen LogP contribution is 2.33. The zero-order valence-corrected chi connectivity index (χ0v) is 21.4. The molecule has 0 aromatic heterocycles. The molecule has 3 aromatic carbocycles. The molecule has 1 heterocycles. The first-order valence-electron chi connectivity index (χ1n) is 11.6. The van der Waals surface area contributed by atoms with Crippen LogP contribution < -0.4 is 19.7 Å². The molecule has 1 aliphatic heterocycles. The molecule has 0 aliphatic carbocycles. The Labute approximate surface area is 215 Å². The first-order chi connectivity index (χ1) is 17.1. The number of carbonyl (C=O) groups is 2. The summed E-state index contributed by atoms with van der Waals surface area (Å²) >= 11 is 6.43. The zero-order valence-electron chi connectivity index (χ0n) is 20.7. The lowest BCUT2D eigenvalue weighted by atomic mass is 9.84. The van der Waals surface area contributed by atoms with Gasteiger partial charge in [0, 0.05) is 12.7 Å². The van der Waals surface area contributed by atoms with Crippen LogP contribution in [0.3, 0.4) is 0 Å². The predicted octanol–water partition coefficient (Wildman–Crippen LogP) is 5.54. The van der Waals surface area contributed by atoms with Crippen LogP contribution in [0, 0.1) is 6.92 Å². The second-order valence-electron chi connectivity index (χ2n) is 9.45. The Morgan fingerprint density at radius 1 is 1.17 bits per heavy atom. The highest BCUT2D eigenvalue weighted by atomic mass is 35.5. The molecule has 4 rings (SSSR count). The molecule has 36 heavy (non-hydrogen) atoms. The summed E-state index contributed by atoms with van der Waals surface area (Å²) in [6.45, 7) is 6.09. The molecule has 0 bridgehead atoms. The van der Waals surface area contributed by atoms with Gasteiger partial charge in [-0.2, -0.15) is 0 Å². The number of aliphatic carboxylic acids is 1. The van der Waals surface area contributed by atoms with Crippen LogP contribution in [0.25, 0.3) is 0 Å². The Morgan fingerprint density at radius 3 is 2.64 bits per heavy atom. The van der Waals surface area contributed by atoms with E-state index in [9.17, 15) is 14.7 Å². The van der Waals surface area contributed by atoms with Gasteiger partial charge in [-0.15, -0.1) is 0 Å². The largest absolute Gasteiger partial charge is 0.490 e. The van der Waals surface area contributed by atoms with Crippen molar-refractivity contribution in [3.05, 3.63) is 82.4 Å². The van der Waals surface area contributed by atoms with E-state index in [-0.39, 0.29) is 16.7 Å². The van der Waals surface area contributed by atoms with Gasteiger partial charge in [0.05, 0.1) is 28.2 Å². The molecular weight excluding hydrogens is 480 g/mol. The number of hydrogen-bond acceptors (Lipinski definition) is 5. The summed E-state index contributed by atoms with van der Waals surface area (Å²) in [6, 6.07) is 18.0. The van der Waals surface area contributed by atoms with Crippen LogP contribution in [0.5, 0.6) is 11.5 Å². The minimum Gasteiger partial charge on any atom is -0.490 e. The van der Waals surface area contributed by atoms with E-state index in [1.54, 1.807) is 50.2 Å². The van der Waals surface area contributed by atoms with Crippen molar-refractivity contribution < 1.29 is 24.2 Å². The number of para-hydroxylation sites is 2. The third-order valence-corrected chi connectivity index (χ3v) is 6.72. The van der Waals surface area contributed by atoms with E-state index in [1.165, 1.54) is 0 Å². The van der Waals surface area contributed by atoms with Crippen LogP contribution in [0.2, 0.25) is 5.02 Å². The number of nitrogens with one attached hydrogen (secondary N) is 1. The number of carboxylic acid groups (broad SMARTS) is 1. The monoisotopic (exact) mass is 508 g/mol. The fourth-order valence-electron chi connectivity index (χ4n) is 4.00. The molecule has 0 radical (unpaired) electrons. The van der Waals surface area contributed by atoms with Gasteiger partial charge in [-0.3, -0.25) is 9.59 Å². The molecule has 7 nitrogen and oxygen atoms in total. The highest BCUT2D eigenvalue weighted by molar-refractivity contribution is 6.34. The molecule has 0 fully saturated rings. The quantitative estimate of drug-likeness (QED) is 0.435. The van der Waals surface area contributed by atoms with E-state index in [4.69, 9.17) is 21.1 Å². The van der Waals surface area contributed by atoms with Crippen molar-refractivity contribution in [2.45, 2.75) is 32.3 Å². The number of carbonyl (C=O) groups excluding carboxylic acids is 1. The summed E-state index contributed by atoms with van der Waals surface area (Å²) in [5.41, 5.74) is 2.16. The summed E-state index contributed by atoms with van der Waals surface area (Å²) < 4.78 is 12.0. The number of likely N-dealkylation sites (N-methyl/N-ethyl adjacent to an activating group) is 1. The number of amides is 1. The SMILES string of the molecule is Cc1ccc(C(C)(C)C(=O)O)cc1NC(=O)c1ccc(OC[C@@H]2CN(C)c3ccccc3O2)cc1Cl. The Morgan fingerprint density at radius 2 is 1.92 bits per heavy atom. The van der Waals surface area contributed by atoms with Crippen molar-refractivity contribution in [2.24, 2.45) is 0 Å². The van der Waals surface area contributed by atoms with Crippen molar-refractivity contribution in [3.63, 3.8) is 0 Å². The zero-order chi connectivity index (χ0) is 26.0. The molecule has 1 aliphatic rings. The van der Waals surface area contributed by atoms with E-state index in [1.807, 2.05) is 38.2 Å². The molecule has 0 unspecified atom stereocenters. The lowest BCUT2D eigenvalue weighted by molar-refractivity contribution is -0.142. The van der Waals surface area contributed by atoms with Crippen LogP contribution in [0.4, 0.5) is 11.4 Å². The summed E-state index contributed by atoms with van der Waals surface area (Å²) in [5, 5.41) is 12.6. The van der Waals surface area contributed by atoms with Crippen LogP contribution >= 0.6 is 11.6 Å².